The van der Waals surface area contributed by atoms with Crippen LogP contribution in [0.4, 0.5) is 0 Å². The molecule has 12 heavy (non-hydrogen) atoms. The summed E-state index contributed by atoms with van der Waals surface area (Å²) in [5.74, 6) is 1.51. The Hall–Kier alpha value is -0.150. The van der Waals surface area contributed by atoms with Gasteiger partial charge in [0.05, 0.1) is 15.7 Å². The number of rotatable bonds is 3. The largest absolute Gasteiger partial charge is 0.251 e. The minimum Gasteiger partial charge on any atom is -0.251 e. The molecule has 0 aromatic carbocycles. The number of hydrogen-bond acceptors (Lipinski definition) is 1. The monoisotopic (exact) mass is 187 g/mol. The standard InChI is InChI=1S/C9H17NOS/c1-7-6-8(7)4-5-9(2,3)12(10)11/h4-5,7-8H,6,10H2,1-3H3/b5-4+/t7-,8-,12?/m0/s1. The van der Waals surface area contributed by atoms with Crippen LogP contribution in [0.2, 0.25) is 0 Å². The summed E-state index contributed by atoms with van der Waals surface area (Å²) in [5.41, 5.74) is 0. The van der Waals surface area contributed by atoms with Gasteiger partial charge in [-0.15, -0.1) is 0 Å². The number of nitrogens with two attached hydrogens (primary N) is 1. The maximum atomic E-state index is 11.0. The van der Waals surface area contributed by atoms with Crippen molar-refractivity contribution in [2.45, 2.75) is 31.9 Å². The van der Waals surface area contributed by atoms with Crippen molar-refractivity contribution in [3.63, 3.8) is 0 Å². The third-order valence-corrected chi connectivity index (χ3v) is 3.61. The fourth-order valence-corrected chi connectivity index (χ4v) is 1.25. The second-order valence-corrected chi connectivity index (χ2v) is 5.78. The van der Waals surface area contributed by atoms with E-state index < -0.39 is 11.0 Å². The molecule has 0 spiro atoms. The van der Waals surface area contributed by atoms with Gasteiger partial charge in [-0.25, -0.2) is 4.21 Å². The van der Waals surface area contributed by atoms with Crippen LogP contribution in [0.5, 0.6) is 0 Å². The van der Waals surface area contributed by atoms with Crippen LogP contribution in [-0.2, 0) is 11.0 Å². The summed E-state index contributed by atoms with van der Waals surface area (Å²) in [6, 6.07) is 0. The van der Waals surface area contributed by atoms with Gasteiger partial charge >= 0.3 is 0 Å². The first kappa shape index (κ1) is 9.93. The molecule has 0 radical (unpaired) electrons. The van der Waals surface area contributed by atoms with E-state index in [0.29, 0.717) is 5.92 Å². The van der Waals surface area contributed by atoms with E-state index in [1.807, 2.05) is 19.9 Å². The predicted molar refractivity (Wildman–Crippen MR) is 52.8 cm³/mol. The first-order chi connectivity index (χ1) is 5.43. The molecule has 1 fully saturated rings. The summed E-state index contributed by atoms with van der Waals surface area (Å²) in [6.07, 6.45) is 5.40. The molecule has 0 amide bonds. The molecule has 2 nitrogen and oxygen atoms in total. The van der Waals surface area contributed by atoms with Crippen LogP contribution in [-0.4, -0.2) is 8.96 Å². The van der Waals surface area contributed by atoms with Gasteiger partial charge in [-0.2, -0.15) is 0 Å². The zero-order chi connectivity index (χ0) is 9.35. The summed E-state index contributed by atoms with van der Waals surface area (Å²) >= 11 is 0. The van der Waals surface area contributed by atoms with Crippen molar-refractivity contribution in [2.75, 3.05) is 0 Å². The topological polar surface area (TPSA) is 43.1 Å². The van der Waals surface area contributed by atoms with E-state index in [4.69, 9.17) is 5.14 Å². The Morgan fingerprint density at radius 1 is 1.58 bits per heavy atom. The number of hydrogen-bond donors (Lipinski definition) is 1. The van der Waals surface area contributed by atoms with Gasteiger partial charge in [-0.05, 0) is 32.1 Å². The van der Waals surface area contributed by atoms with E-state index in [1.54, 1.807) is 0 Å². The molecule has 3 heteroatoms. The summed E-state index contributed by atoms with van der Waals surface area (Å²) < 4.78 is 10.6. The molecule has 1 rings (SSSR count). The van der Waals surface area contributed by atoms with Crippen molar-refractivity contribution in [3.05, 3.63) is 12.2 Å². The lowest BCUT2D eigenvalue weighted by atomic mass is 10.1. The van der Waals surface area contributed by atoms with Crippen LogP contribution in [0.3, 0.4) is 0 Å². The van der Waals surface area contributed by atoms with Gasteiger partial charge in [0.15, 0.2) is 0 Å². The lowest BCUT2D eigenvalue weighted by molar-refractivity contribution is 0.664. The fourth-order valence-electron chi connectivity index (χ4n) is 1.04. The summed E-state index contributed by atoms with van der Waals surface area (Å²) in [7, 11) is -1.26. The molecule has 0 aromatic rings. The van der Waals surface area contributed by atoms with Crippen LogP contribution in [0.15, 0.2) is 12.2 Å². The van der Waals surface area contributed by atoms with Crippen molar-refractivity contribution >= 4 is 11.0 Å². The van der Waals surface area contributed by atoms with Crippen molar-refractivity contribution < 1.29 is 4.21 Å². The van der Waals surface area contributed by atoms with Crippen molar-refractivity contribution in [1.29, 1.82) is 0 Å². The molecule has 2 N–H and O–H groups in total. The third kappa shape index (κ3) is 2.42. The Morgan fingerprint density at radius 2 is 2.08 bits per heavy atom. The van der Waals surface area contributed by atoms with Gasteiger partial charge in [0, 0.05) is 0 Å². The first-order valence-corrected chi connectivity index (χ1v) is 5.50. The Kier molecular flexibility index (Phi) is 2.74. The van der Waals surface area contributed by atoms with Crippen LogP contribution in [0.25, 0.3) is 0 Å². The highest BCUT2D eigenvalue weighted by molar-refractivity contribution is 7.84. The average Bonchev–Trinajstić information content (AvgIpc) is 2.62. The quantitative estimate of drug-likeness (QED) is 0.670. The van der Waals surface area contributed by atoms with Crippen molar-refractivity contribution in [2.24, 2.45) is 17.0 Å². The van der Waals surface area contributed by atoms with E-state index in [2.05, 4.69) is 13.0 Å². The predicted octanol–water partition coefficient (Wildman–Crippen LogP) is 1.60. The second kappa shape index (κ2) is 3.30. The van der Waals surface area contributed by atoms with Crippen LogP contribution >= 0.6 is 0 Å². The molecule has 0 heterocycles. The van der Waals surface area contributed by atoms with Gasteiger partial charge in [-0.1, -0.05) is 19.1 Å². The Bertz CT molecular complexity index is 223. The van der Waals surface area contributed by atoms with Gasteiger partial charge in [-0.3, -0.25) is 5.14 Å². The average molecular weight is 187 g/mol. The molecule has 1 aliphatic carbocycles. The van der Waals surface area contributed by atoms with E-state index >= 15 is 0 Å². The molecular weight excluding hydrogens is 170 g/mol. The summed E-state index contributed by atoms with van der Waals surface area (Å²) in [6.45, 7) is 6.01. The highest BCUT2D eigenvalue weighted by atomic mass is 32.2. The molecule has 1 aliphatic rings. The third-order valence-electron chi connectivity index (χ3n) is 2.44. The van der Waals surface area contributed by atoms with E-state index in [0.717, 1.165) is 5.92 Å². The Morgan fingerprint density at radius 3 is 2.42 bits per heavy atom. The lowest BCUT2D eigenvalue weighted by Gasteiger charge is -2.15. The fraction of sp³-hybridized carbons (Fsp3) is 0.778. The Balaban J connectivity index is 2.49. The second-order valence-electron chi connectivity index (χ2n) is 4.14. The number of allylic oxidation sites excluding steroid dienone is 1. The van der Waals surface area contributed by atoms with E-state index in [1.165, 1.54) is 6.42 Å². The minimum atomic E-state index is -1.26. The molecule has 70 valence electrons. The molecule has 0 aromatic heterocycles. The lowest BCUT2D eigenvalue weighted by Crippen LogP contribution is -2.29. The minimum absolute atomic E-state index is 0.373. The van der Waals surface area contributed by atoms with Gasteiger partial charge in [0.25, 0.3) is 0 Å². The maximum Gasteiger partial charge on any atom is 0.0984 e. The van der Waals surface area contributed by atoms with Crippen molar-refractivity contribution in [3.8, 4) is 0 Å². The zero-order valence-electron chi connectivity index (χ0n) is 7.91. The van der Waals surface area contributed by atoms with Crippen LogP contribution in [0.1, 0.15) is 27.2 Å². The molecule has 0 saturated heterocycles. The molecule has 3 atom stereocenters. The first-order valence-electron chi connectivity index (χ1n) is 4.29. The van der Waals surface area contributed by atoms with Crippen LogP contribution < -0.4 is 5.14 Å². The van der Waals surface area contributed by atoms with Gasteiger partial charge in [0.1, 0.15) is 0 Å². The maximum absolute atomic E-state index is 11.0. The molecule has 0 bridgehead atoms. The smallest absolute Gasteiger partial charge is 0.0984 e. The van der Waals surface area contributed by atoms with Gasteiger partial charge in [0.2, 0.25) is 0 Å². The normalized spacial score (nSPS) is 32.3. The Labute approximate surface area is 76.8 Å². The van der Waals surface area contributed by atoms with E-state index in [9.17, 15) is 4.21 Å². The van der Waals surface area contributed by atoms with Gasteiger partial charge < -0.3 is 0 Å². The summed E-state index contributed by atoms with van der Waals surface area (Å²) in [5, 5.41) is 5.33. The van der Waals surface area contributed by atoms with Crippen LogP contribution in [0, 0.1) is 11.8 Å². The highest BCUT2D eigenvalue weighted by Crippen LogP contribution is 2.39. The molecular formula is C9H17NOS. The SMILES string of the molecule is C[C@H]1C[C@@H]1/C=C/C(C)(C)S(N)=O. The van der Waals surface area contributed by atoms with Crippen molar-refractivity contribution in [1.82, 2.24) is 0 Å². The van der Waals surface area contributed by atoms with E-state index in [-0.39, 0.29) is 4.75 Å². The summed E-state index contributed by atoms with van der Waals surface area (Å²) in [4.78, 5) is 0. The molecule has 1 unspecified atom stereocenters. The zero-order valence-corrected chi connectivity index (χ0v) is 8.73. The molecule has 1 saturated carbocycles. The highest BCUT2D eigenvalue weighted by Gasteiger charge is 2.30. The molecule has 0 aliphatic heterocycles.